The van der Waals surface area contributed by atoms with Crippen molar-refractivity contribution in [1.29, 1.82) is 0 Å². The Morgan fingerprint density at radius 2 is 2.25 bits per heavy atom. The Labute approximate surface area is 102 Å². The maximum absolute atomic E-state index is 5.97. The van der Waals surface area contributed by atoms with Crippen LogP contribution < -0.4 is 0 Å². The number of hydrogen-bond acceptors (Lipinski definition) is 3. The topological polar surface area (TPSA) is 25.8 Å². The molecule has 2 heterocycles. The molecule has 0 N–H and O–H groups in total. The lowest BCUT2D eigenvalue weighted by Crippen LogP contribution is -1.79. The second-order valence-corrected chi connectivity index (χ2v) is 4.62. The van der Waals surface area contributed by atoms with Crippen LogP contribution in [0.15, 0.2) is 36.0 Å². The first-order chi connectivity index (χ1) is 7.84. The van der Waals surface area contributed by atoms with Crippen molar-refractivity contribution >= 4 is 33.2 Å². The molecule has 0 amide bonds. The third kappa shape index (κ3) is 1.58. The second kappa shape index (κ2) is 3.85. The maximum Gasteiger partial charge on any atom is 0.127 e. The molecule has 0 spiro atoms. The molecule has 3 aromatic rings. The van der Waals surface area contributed by atoms with Crippen molar-refractivity contribution in [2.24, 2.45) is 0 Å². The van der Waals surface area contributed by atoms with Gasteiger partial charge < -0.3 is 0 Å². The van der Waals surface area contributed by atoms with E-state index in [4.69, 9.17) is 11.6 Å². The predicted octanol–water partition coefficient (Wildman–Crippen LogP) is 3.81. The number of rotatable bonds is 1. The molecule has 0 aliphatic carbocycles. The van der Waals surface area contributed by atoms with E-state index in [0.717, 1.165) is 26.4 Å². The summed E-state index contributed by atoms with van der Waals surface area (Å²) in [6, 6.07) is 7.75. The van der Waals surface area contributed by atoms with Crippen LogP contribution in [-0.2, 0) is 0 Å². The van der Waals surface area contributed by atoms with Crippen LogP contribution in [0.1, 0.15) is 0 Å². The van der Waals surface area contributed by atoms with Crippen molar-refractivity contribution < 1.29 is 0 Å². The molecule has 0 aliphatic rings. The molecule has 77 valence electrons. The van der Waals surface area contributed by atoms with Gasteiger partial charge in [-0.1, -0.05) is 23.7 Å². The second-order valence-electron chi connectivity index (χ2n) is 3.33. The molecule has 4 heteroatoms. The van der Waals surface area contributed by atoms with Crippen LogP contribution in [0, 0.1) is 6.20 Å². The minimum atomic E-state index is 0.730. The lowest BCUT2D eigenvalue weighted by atomic mass is 10.1. The molecule has 0 saturated heterocycles. The van der Waals surface area contributed by atoms with E-state index in [1.165, 1.54) is 6.33 Å². The summed E-state index contributed by atoms with van der Waals surface area (Å²) in [6.07, 6.45) is 4.49. The van der Waals surface area contributed by atoms with E-state index in [0.29, 0.717) is 0 Å². The molecule has 0 fully saturated rings. The average molecular weight is 246 g/mol. The molecule has 0 aliphatic heterocycles. The number of benzene rings is 1. The van der Waals surface area contributed by atoms with Gasteiger partial charge in [0, 0.05) is 21.4 Å². The fraction of sp³-hybridized carbons (Fsp3) is 0. The number of thiophene rings is 1. The highest BCUT2D eigenvalue weighted by molar-refractivity contribution is 7.17. The molecule has 2 nitrogen and oxygen atoms in total. The van der Waals surface area contributed by atoms with E-state index in [-0.39, 0.29) is 0 Å². The molecule has 1 aromatic carbocycles. The van der Waals surface area contributed by atoms with Crippen LogP contribution in [0.2, 0.25) is 5.02 Å². The Hall–Kier alpha value is -1.45. The highest BCUT2D eigenvalue weighted by atomic mass is 35.5. The Bertz CT molecular complexity index is 648. The number of aromatic nitrogens is 2. The SMILES string of the molecule is Clc1cccc(-c2csc3ncn[c]c23)c1. The molecule has 1 radical (unpaired) electrons. The van der Waals surface area contributed by atoms with Gasteiger partial charge in [-0.25, -0.2) is 9.97 Å². The first kappa shape index (κ1) is 9.75. The minimum Gasteiger partial charge on any atom is -0.234 e. The molecular weight excluding hydrogens is 240 g/mol. The van der Waals surface area contributed by atoms with Gasteiger partial charge in [0.2, 0.25) is 0 Å². The van der Waals surface area contributed by atoms with Gasteiger partial charge in [-0.3, -0.25) is 0 Å². The highest BCUT2D eigenvalue weighted by Gasteiger charge is 2.07. The van der Waals surface area contributed by atoms with Crippen molar-refractivity contribution in [2.45, 2.75) is 0 Å². The van der Waals surface area contributed by atoms with Gasteiger partial charge in [0.25, 0.3) is 0 Å². The van der Waals surface area contributed by atoms with E-state index >= 15 is 0 Å². The summed E-state index contributed by atoms with van der Waals surface area (Å²) < 4.78 is 0. The van der Waals surface area contributed by atoms with E-state index in [9.17, 15) is 0 Å². The largest absolute Gasteiger partial charge is 0.234 e. The Morgan fingerprint density at radius 1 is 1.31 bits per heavy atom. The monoisotopic (exact) mass is 245 g/mol. The molecule has 2 aromatic heterocycles. The summed E-state index contributed by atoms with van der Waals surface area (Å²) in [5.74, 6) is 0. The Kier molecular flexibility index (Phi) is 2.35. The van der Waals surface area contributed by atoms with Crippen LogP contribution in [0.25, 0.3) is 21.3 Å². The van der Waals surface area contributed by atoms with Gasteiger partial charge >= 0.3 is 0 Å². The van der Waals surface area contributed by atoms with Gasteiger partial charge in [-0.15, -0.1) is 11.3 Å². The molecule has 0 unspecified atom stereocenters. The van der Waals surface area contributed by atoms with E-state index in [1.54, 1.807) is 11.3 Å². The quantitative estimate of drug-likeness (QED) is 0.652. The molecule has 16 heavy (non-hydrogen) atoms. The lowest BCUT2D eigenvalue weighted by molar-refractivity contribution is 1.22. The van der Waals surface area contributed by atoms with Gasteiger partial charge in [0.15, 0.2) is 0 Å². The first-order valence-corrected chi connectivity index (χ1v) is 5.96. The number of hydrogen-bond donors (Lipinski definition) is 0. The van der Waals surface area contributed by atoms with Gasteiger partial charge in [-0.05, 0) is 17.7 Å². The standard InChI is InChI=1S/C12H6ClN2S/c13-9-3-1-2-8(4-9)11-6-16-12-10(11)5-14-7-15-12/h1-4,6-7H. The normalized spacial score (nSPS) is 10.8. The Balaban J connectivity index is 2.26. The zero-order chi connectivity index (χ0) is 11.0. The highest BCUT2D eigenvalue weighted by Crippen LogP contribution is 2.32. The summed E-state index contributed by atoms with van der Waals surface area (Å²) in [5.41, 5.74) is 2.16. The Morgan fingerprint density at radius 3 is 3.12 bits per heavy atom. The van der Waals surface area contributed by atoms with E-state index < -0.39 is 0 Å². The van der Waals surface area contributed by atoms with Gasteiger partial charge in [0.1, 0.15) is 17.4 Å². The third-order valence-electron chi connectivity index (χ3n) is 2.32. The molecule has 0 atom stereocenters. The van der Waals surface area contributed by atoms with Gasteiger partial charge in [-0.2, -0.15) is 0 Å². The van der Waals surface area contributed by atoms with Crippen molar-refractivity contribution in [1.82, 2.24) is 9.97 Å². The van der Waals surface area contributed by atoms with Crippen LogP contribution in [0.3, 0.4) is 0 Å². The summed E-state index contributed by atoms with van der Waals surface area (Å²) >= 11 is 7.56. The van der Waals surface area contributed by atoms with Crippen LogP contribution in [0.5, 0.6) is 0 Å². The maximum atomic E-state index is 5.97. The van der Waals surface area contributed by atoms with E-state index in [2.05, 4.69) is 21.5 Å². The van der Waals surface area contributed by atoms with Crippen molar-refractivity contribution in [3.8, 4) is 11.1 Å². The van der Waals surface area contributed by atoms with Crippen molar-refractivity contribution in [3.05, 3.63) is 47.2 Å². The molecule has 0 bridgehead atoms. The third-order valence-corrected chi connectivity index (χ3v) is 3.44. The molecular formula is C12H6ClN2S. The van der Waals surface area contributed by atoms with Crippen LogP contribution >= 0.6 is 22.9 Å². The van der Waals surface area contributed by atoms with Crippen molar-refractivity contribution in [2.75, 3.05) is 0 Å². The fourth-order valence-electron chi connectivity index (χ4n) is 1.59. The summed E-state index contributed by atoms with van der Waals surface area (Å²) in [5, 5.41) is 3.74. The zero-order valence-corrected chi connectivity index (χ0v) is 9.72. The molecule has 0 saturated carbocycles. The minimum absolute atomic E-state index is 0.730. The zero-order valence-electron chi connectivity index (χ0n) is 8.14. The lowest BCUT2D eigenvalue weighted by Gasteiger charge is -1.99. The van der Waals surface area contributed by atoms with Crippen molar-refractivity contribution in [3.63, 3.8) is 0 Å². The smallest absolute Gasteiger partial charge is 0.127 e. The summed E-state index contributed by atoms with van der Waals surface area (Å²) in [4.78, 5) is 9.07. The molecule has 3 rings (SSSR count). The first-order valence-electron chi connectivity index (χ1n) is 4.70. The predicted molar refractivity (Wildman–Crippen MR) is 66.7 cm³/mol. The van der Waals surface area contributed by atoms with E-state index in [1.807, 2.05) is 24.3 Å². The van der Waals surface area contributed by atoms with Gasteiger partial charge in [0.05, 0.1) is 0 Å². The van der Waals surface area contributed by atoms with Crippen LogP contribution in [-0.4, -0.2) is 9.97 Å². The summed E-state index contributed by atoms with van der Waals surface area (Å²) in [7, 11) is 0. The average Bonchev–Trinajstić information content (AvgIpc) is 2.72. The van der Waals surface area contributed by atoms with Crippen LogP contribution in [0.4, 0.5) is 0 Å². The number of fused-ring (bicyclic) bond motifs is 1. The number of halogens is 1. The fourth-order valence-corrected chi connectivity index (χ4v) is 2.65. The summed E-state index contributed by atoms with van der Waals surface area (Å²) in [6.45, 7) is 0. The number of nitrogens with zero attached hydrogens (tertiary/aromatic N) is 2.